The number of para-hydroxylation sites is 2. The molecule has 0 spiro atoms. The molecule has 0 aliphatic carbocycles. The van der Waals surface area contributed by atoms with Gasteiger partial charge < -0.3 is 14.2 Å². The number of aromatic hydroxyl groups is 1. The first-order chi connectivity index (χ1) is 16.4. The van der Waals surface area contributed by atoms with Crippen LogP contribution in [0.2, 0.25) is 0 Å². The van der Waals surface area contributed by atoms with E-state index in [9.17, 15) is 9.90 Å². The van der Waals surface area contributed by atoms with Gasteiger partial charge in [0, 0.05) is 10.8 Å². The van der Waals surface area contributed by atoms with Crippen LogP contribution in [-0.2, 0) is 23.9 Å². The topological polar surface area (TPSA) is 96.8 Å². The molecule has 4 rings (SSSR count). The number of Topliss-reactive ketones (excluding diaryl/α,β-unsaturated/α-hetero) is 1. The summed E-state index contributed by atoms with van der Waals surface area (Å²) in [5, 5.41) is 19.8. The van der Waals surface area contributed by atoms with Gasteiger partial charge in [0.05, 0.1) is 35.5 Å². The Bertz CT molecular complexity index is 1420. The number of hydrogen-bond donors (Lipinski definition) is 2. The van der Waals surface area contributed by atoms with Crippen molar-refractivity contribution in [1.82, 2.24) is 19.1 Å². The Morgan fingerprint density at radius 3 is 1.83 bits per heavy atom. The second-order valence-corrected chi connectivity index (χ2v) is 11.0. The average Bonchev–Trinajstić information content (AvgIpc) is 3.04. The highest BCUT2D eigenvalue weighted by molar-refractivity contribution is 5.93. The predicted octanol–water partition coefficient (Wildman–Crippen LogP) is 4.94. The Kier molecular flexibility index (Phi) is 6.13. The van der Waals surface area contributed by atoms with E-state index < -0.39 is 10.8 Å². The number of ketones is 1. The first-order valence-corrected chi connectivity index (χ1v) is 11.8. The van der Waals surface area contributed by atoms with Crippen molar-refractivity contribution in [3.8, 4) is 5.75 Å². The highest BCUT2D eigenvalue weighted by Crippen LogP contribution is 2.36. The van der Waals surface area contributed by atoms with Gasteiger partial charge in [0.25, 0.3) is 0 Å². The lowest BCUT2D eigenvalue weighted by Crippen LogP contribution is -2.29. The van der Waals surface area contributed by atoms with E-state index in [1.165, 1.54) is 0 Å². The lowest BCUT2D eigenvalue weighted by atomic mass is 9.85. The molecule has 0 saturated heterocycles. The van der Waals surface area contributed by atoms with Crippen LogP contribution < -0.4 is 5.62 Å². The Labute approximate surface area is 205 Å². The van der Waals surface area contributed by atoms with E-state index >= 15 is 0 Å². The summed E-state index contributed by atoms with van der Waals surface area (Å²) < 4.78 is 3.60. The minimum absolute atomic E-state index is 0.0369. The molecule has 35 heavy (non-hydrogen) atoms. The van der Waals surface area contributed by atoms with Crippen LogP contribution >= 0.6 is 0 Å². The van der Waals surface area contributed by atoms with Gasteiger partial charge in [-0.15, -0.1) is 0 Å². The molecular weight excluding hydrogens is 438 g/mol. The smallest absolute Gasteiger partial charge is 0.219 e. The summed E-state index contributed by atoms with van der Waals surface area (Å²) in [4.78, 5) is 22.5. The third-order valence-corrected chi connectivity index (χ3v) is 6.01. The van der Waals surface area contributed by atoms with Crippen LogP contribution in [0.3, 0.4) is 0 Å². The van der Waals surface area contributed by atoms with Gasteiger partial charge in [0.1, 0.15) is 0 Å². The predicted molar refractivity (Wildman–Crippen MR) is 137 cm³/mol. The van der Waals surface area contributed by atoms with Crippen molar-refractivity contribution < 1.29 is 9.90 Å². The largest absolute Gasteiger partial charge is 0.504 e. The third-order valence-electron chi connectivity index (χ3n) is 6.01. The molecule has 0 bridgehead atoms. The van der Waals surface area contributed by atoms with Gasteiger partial charge in [-0.3, -0.25) is 10.2 Å². The fourth-order valence-corrected chi connectivity index (χ4v) is 4.22. The number of nitrogens with one attached hydrogen (secondary N) is 1. The average molecular weight is 472 g/mol. The number of nitrogens with zero attached hydrogens (tertiary/aromatic N) is 4. The van der Waals surface area contributed by atoms with Crippen LogP contribution in [0.15, 0.2) is 54.6 Å². The first kappa shape index (κ1) is 24.4. The zero-order valence-corrected chi connectivity index (χ0v) is 21.3. The molecule has 2 heterocycles. The monoisotopic (exact) mass is 471 g/mol. The van der Waals surface area contributed by atoms with Crippen LogP contribution in [0.5, 0.6) is 5.75 Å². The molecule has 0 aliphatic heterocycles. The standard InChI is InChI=1S/C28H33N5O2/c1-27(2,3)23-22(35)24(28(4,5)6)31-25(30-23)21(34)17-33-20-15-11-10-14-19(20)32(26(33)29)16-18-12-8-7-9-13-18/h7-15,29,35H,16-17H2,1-6H3. The molecule has 0 saturated carbocycles. The summed E-state index contributed by atoms with van der Waals surface area (Å²) in [5.41, 5.74) is 2.94. The van der Waals surface area contributed by atoms with Crippen molar-refractivity contribution in [2.75, 3.05) is 0 Å². The minimum atomic E-state index is -0.471. The molecule has 0 unspecified atom stereocenters. The van der Waals surface area contributed by atoms with Crippen LogP contribution in [0.1, 0.15) is 69.1 Å². The normalized spacial score (nSPS) is 12.3. The third kappa shape index (κ3) is 4.76. The maximum absolute atomic E-state index is 13.5. The summed E-state index contributed by atoms with van der Waals surface area (Å²) in [6.45, 7) is 12.1. The van der Waals surface area contributed by atoms with E-state index in [2.05, 4.69) is 9.97 Å². The van der Waals surface area contributed by atoms with E-state index in [4.69, 9.17) is 5.41 Å². The zero-order valence-electron chi connectivity index (χ0n) is 21.3. The van der Waals surface area contributed by atoms with Gasteiger partial charge in [-0.1, -0.05) is 84.0 Å². The molecule has 0 atom stereocenters. The summed E-state index contributed by atoms with van der Waals surface area (Å²) in [5.74, 6) is -0.207. The molecule has 182 valence electrons. The molecule has 0 amide bonds. The van der Waals surface area contributed by atoms with Gasteiger partial charge in [-0.25, -0.2) is 9.97 Å². The molecule has 7 nitrogen and oxygen atoms in total. The van der Waals surface area contributed by atoms with Crippen molar-refractivity contribution >= 4 is 16.8 Å². The van der Waals surface area contributed by atoms with Gasteiger partial charge in [-0.2, -0.15) is 0 Å². The fraction of sp³-hybridized carbons (Fsp3) is 0.357. The molecule has 2 N–H and O–H groups in total. The summed E-state index contributed by atoms with van der Waals surface area (Å²) in [6.07, 6.45) is 0. The van der Waals surface area contributed by atoms with E-state index in [0.717, 1.165) is 16.6 Å². The molecule has 4 aromatic rings. The number of aromatic nitrogens is 4. The van der Waals surface area contributed by atoms with Crippen molar-refractivity contribution in [2.24, 2.45) is 0 Å². The van der Waals surface area contributed by atoms with Crippen molar-refractivity contribution in [2.45, 2.75) is 65.5 Å². The lowest BCUT2D eigenvalue weighted by Gasteiger charge is -2.25. The van der Waals surface area contributed by atoms with Gasteiger partial charge in [0.2, 0.25) is 11.4 Å². The summed E-state index contributed by atoms with van der Waals surface area (Å²) in [6, 6.07) is 17.7. The molecule has 2 aromatic carbocycles. The van der Waals surface area contributed by atoms with Crippen molar-refractivity contribution in [1.29, 1.82) is 5.41 Å². The van der Waals surface area contributed by atoms with E-state index in [0.29, 0.717) is 17.9 Å². The van der Waals surface area contributed by atoms with E-state index in [-0.39, 0.29) is 29.5 Å². The Morgan fingerprint density at radius 2 is 1.31 bits per heavy atom. The Morgan fingerprint density at radius 1 is 0.829 bits per heavy atom. The van der Waals surface area contributed by atoms with E-state index in [1.54, 1.807) is 4.57 Å². The second kappa shape index (κ2) is 8.80. The number of imidazole rings is 1. The number of rotatable bonds is 5. The Balaban J connectivity index is 1.80. The number of carbonyl (C=O) groups is 1. The molecule has 2 aromatic heterocycles. The maximum atomic E-state index is 13.5. The quantitative estimate of drug-likeness (QED) is 0.403. The number of fused-ring (bicyclic) bond motifs is 1. The van der Waals surface area contributed by atoms with E-state index in [1.807, 2.05) is 101 Å². The first-order valence-electron chi connectivity index (χ1n) is 11.8. The maximum Gasteiger partial charge on any atom is 0.219 e. The summed E-state index contributed by atoms with van der Waals surface area (Å²) >= 11 is 0. The van der Waals surface area contributed by atoms with Gasteiger partial charge in [0.15, 0.2) is 11.6 Å². The molecule has 0 aliphatic rings. The minimum Gasteiger partial charge on any atom is -0.504 e. The van der Waals surface area contributed by atoms with Crippen LogP contribution in [-0.4, -0.2) is 30.0 Å². The number of benzene rings is 2. The van der Waals surface area contributed by atoms with Crippen LogP contribution in [0, 0.1) is 5.41 Å². The molecule has 0 fully saturated rings. The summed E-state index contributed by atoms with van der Waals surface area (Å²) in [7, 11) is 0. The van der Waals surface area contributed by atoms with Crippen molar-refractivity contribution in [3.63, 3.8) is 0 Å². The van der Waals surface area contributed by atoms with Crippen LogP contribution in [0.25, 0.3) is 11.0 Å². The Hall–Kier alpha value is -3.74. The molecule has 7 heteroatoms. The highest BCUT2D eigenvalue weighted by Gasteiger charge is 2.31. The number of hydrogen-bond acceptors (Lipinski definition) is 5. The van der Waals surface area contributed by atoms with Gasteiger partial charge in [-0.05, 0) is 17.7 Å². The molecule has 0 radical (unpaired) electrons. The number of carbonyl (C=O) groups excluding carboxylic acids is 1. The zero-order chi connectivity index (χ0) is 25.5. The fourth-order valence-electron chi connectivity index (χ4n) is 4.22. The highest BCUT2D eigenvalue weighted by atomic mass is 16.3. The second-order valence-electron chi connectivity index (χ2n) is 11.0. The van der Waals surface area contributed by atoms with Gasteiger partial charge >= 0.3 is 0 Å². The SMILES string of the molecule is CC(C)(C)c1nc(C(=O)Cn2c(=N)n(Cc3ccccc3)c3ccccc32)nc(C(C)(C)C)c1O. The lowest BCUT2D eigenvalue weighted by molar-refractivity contribution is 0.0960. The van der Waals surface area contributed by atoms with Crippen molar-refractivity contribution in [3.05, 3.63) is 83.0 Å². The molecular formula is C28H33N5O2. The van der Waals surface area contributed by atoms with Crippen LogP contribution in [0.4, 0.5) is 0 Å².